The molecule has 0 aliphatic carbocycles. The van der Waals surface area contributed by atoms with E-state index >= 15 is 0 Å². The first-order chi connectivity index (χ1) is 9.62. The highest BCUT2D eigenvalue weighted by Crippen LogP contribution is 2.16. The maximum absolute atomic E-state index is 11.9. The average molecular weight is 280 g/mol. The molecule has 0 unspecified atom stereocenters. The van der Waals surface area contributed by atoms with Crippen LogP contribution in [0.5, 0.6) is 0 Å². The van der Waals surface area contributed by atoms with Crippen molar-refractivity contribution in [3.05, 3.63) is 34.9 Å². The Hall–Kier alpha value is -1.88. The first-order valence-corrected chi connectivity index (χ1v) is 6.67. The number of rotatable bonds is 7. The molecule has 1 aromatic rings. The van der Waals surface area contributed by atoms with Gasteiger partial charge in [-0.25, -0.2) is 4.79 Å². The van der Waals surface area contributed by atoms with Crippen LogP contribution in [0.4, 0.5) is 0 Å². The molecule has 0 aliphatic rings. The van der Waals surface area contributed by atoms with Crippen LogP contribution in [-0.4, -0.2) is 30.3 Å². The summed E-state index contributed by atoms with van der Waals surface area (Å²) in [7, 11) is 0. The Morgan fingerprint density at radius 3 is 2.45 bits per heavy atom. The topological polar surface area (TPSA) is 72.8 Å². The zero-order valence-electron chi connectivity index (χ0n) is 11.8. The van der Waals surface area contributed by atoms with Crippen LogP contribution >= 0.6 is 0 Å². The van der Waals surface area contributed by atoms with Crippen LogP contribution in [0, 0.1) is 0 Å². The van der Waals surface area contributed by atoms with Gasteiger partial charge in [-0.3, -0.25) is 4.79 Å². The number of aryl methyl sites for hydroxylation is 1. The monoisotopic (exact) mass is 280 g/mol. The summed E-state index contributed by atoms with van der Waals surface area (Å²) in [6, 6.07) is 5.05. The van der Waals surface area contributed by atoms with Crippen LogP contribution in [0.3, 0.4) is 0 Å². The Morgan fingerprint density at radius 1 is 1.15 bits per heavy atom. The van der Waals surface area contributed by atoms with Crippen molar-refractivity contribution in [3.63, 3.8) is 0 Å². The zero-order chi connectivity index (χ0) is 15.0. The summed E-state index contributed by atoms with van der Waals surface area (Å²) in [4.78, 5) is 23.3. The van der Waals surface area contributed by atoms with E-state index in [9.17, 15) is 9.59 Å². The van der Waals surface area contributed by atoms with Crippen LogP contribution in [0.2, 0.25) is 0 Å². The summed E-state index contributed by atoms with van der Waals surface area (Å²) >= 11 is 0. The van der Waals surface area contributed by atoms with E-state index in [4.69, 9.17) is 14.6 Å². The number of carbonyl (C=O) groups is 2. The van der Waals surface area contributed by atoms with Gasteiger partial charge in [0.2, 0.25) is 0 Å². The van der Waals surface area contributed by atoms with E-state index in [1.807, 2.05) is 0 Å². The Kier molecular flexibility index (Phi) is 6.73. The molecule has 0 radical (unpaired) electrons. The van der Waals surface area contributed by atoms with Gasteiger partial charge in [-0.05, 0) is 37.5 Å². The lowest BCUT2D eigenvalue weighted by Gasteiger charge is -2.10. The molecule has 0 aliphatic heterocycles. The molecule has 0 fully saturated rings. The van der Waals surface area contributed by atoms with Crippen molar-refractivity contribution in [3.8, 4) is 0 Å². The zero-order valence-corrected chi connectivity index (χ0v) is 11.8. The minimum absolute atomic E-state index is 0.148. The van der Waals surface area contributed by atoms with Crippen molar-refractivity contribution >= 4 is 11.9 Å². The lowest BCUT2D eigenvalue weighted by atomic mass is 10.00. The third-order valence-corrected chi connectivity index (χ3v) is 2.76. The van der Waals surface area contributed by atoms with E-state index in [1.165, 1.54) is 0 Å². The van der Waals surface area contributed by atoms with E-state index in [0.717, 1.165) is 0 Å². The molecule has 1 aromatic carbocycles. The molecule has 0 heterocycles. The Bertz CT molecular complexity index is 467. The number of ether oxygens (including phenoxy) is 2. The van der Waals surface area contributed by atoms with Crippen molar-refractivity contribution in [2.24, 2.45) is 0 Å². The summed E-state index contributed by atoms with van der Waals surface area (Å²) in [5, 5.41) is 9.13. The third-order valence-electron chi connectivity index (χ3n) is 2.76. The fourth-order valence-electron chi connectivity index (χ4n) is 1.81. The summed E-state index contributed by atoms with van der Waals surface area (Å²) in [6.07, 6.45) is 0.609. The van der Waals surface area contributed by atoms with Gasteiger partial charge in [0, 0.05) is 6.42 Å². The van der Waals surface area contributed by atoms with Crippen molar-refractivity contribution < 1.29 is 24.2 Å². The van der Waals surface area contributed by atoms with Gasteiger partial charge in [-0.2, -0.15) is 0 Å². The SMILES string of the molecule is CCOC(=O)CCc1ccc(CO)cc1C(=O)OCC. The quantitative estimate of drug-likeness (QED) is 0.772. The largest absolute Gasteiger partial charge is 0.466 e. The van der Waals surface area contributed by atoms with E-state index in [1.54, 1.807) is 32.0 Å². The van der Waals surface area contributed by atoms with Crippen molar-refractivity contribution in [1.29, 1.82) is 0 Å². The number of benzene rings is 1. The van der Waals surface area contributed by atoms with Gasteiger partial charge in [-0.15, -0.1) is 0 Å². The van der Waals surface area contributed by atoms with Gasteiger partial charge in [0.15, 0.2) is 0 Å². The Labute approximate surface area is 118 Å². The molecule has 1 rings (SSSR count). The number of hydrogen-bond acceptors (Lipinski definition) is 5. The second kappa shape index (κ2) is 8.32. The molecule has 0 bridgehead atoms. The highest BCUT2D eigenvalue weighted by Gasteiger charge is 2.14. The smallest absolute Gasteiger partial charge is 0.338 e. The number of aliphatic hydroxyl groups excluding tert-OH is 1. The standard InChI is InChI=1S/C15H20O5/c1-3-19-14(17)8-7-12-6-5-11(10-16)9-13(12)15(18)20-4-2/h5-6,9,16H,3-4,7-8,10H2,1-2H3. The molecule has 110 valence electrons. The van der Waals surface area contributed by atoms with Crippen LogP contribution in [0.15, 0.2) is 18.2 Å². The maximum atomic E-state index is 11.9. The van der Waals surface area contributed by atoms with Crippen molar-refractivity contribution in [2.45, 2.75) is 33.3 Å². The molecule has 0 atom stereocenters. The summed E-state index contributed by atoms with van der Waals surface area (Å²) in [5.74, 6) is -0.741. The molecule has 0 saturated carbocycles. The van der Waals surface area contributed by atoms with E-state index in [2.05, 4.69) is 0 Å². The number of esters is 2. The van der Waals surface area contributed by atoms with Crippen LogP contribution in [-0.2, 0) is 27.3 Å². The maximum Gasteiger partial charge on any atom is 0.338 e. The molecule has 1 N–H and O–H groups in total. The van der Waals surface area contributed by atoms with Gasteiger partial charge >= 0.3 is 11.9 Å². The lowest BCUT2D eigenvalue weighted by Crippen LogP contribution is -2.11. The van der Waals surface area contributed by atoms with Crippen LogP contribution in [0.25, 0.3) is 0 Å². The van der Waals surface area contributed by atoms with Crippen molar-refractivity contribution in [1.82, 2.24) is 0 Å². The number of aliphatic hydroxyl groups is 1. The summed E-state index contributed by atoms with van der Waals surface area (Å²) in [6.45, 7) is 3.95. The normalized spacial score (nSPS) is 10.2. The first kappa shape index (κ1) is 16.2. The Morgan fingerprint density at radius 2 is 1.85 bits per heavy atom. The molecule has 0 saturated heterocycles. The summed E-state index contributed by atoms with van der Waals surface area (Å²) < 4.78 is 9.85. The van der Waals surface area contributed by atoms with Gasteiger partial charge in [0.1, 0.15) is 0 Å². The van der Waals surface area contributed by atoms with Crippen LogP contribution in [0.1, 0.15) is 41.8 Å². The average Bonchev–Trinajstić information content (AvgIpc) is 2.45. The molecule has 20 heavy (non-hydrogen) atoms. The second-order valence-electron chi connectivity index (χ2n) is 4.18. The second-order valence-corrected chi connectivity index (χ2v) is 4.18. The van der Waals surface area contributed by atoms with Gasteiger partial charge < -0.3 is 14.6 Å². The third kappa shape index (κ3) is 4.66. The van der Waals surface area contributed by atoms with Gasteiger partial charge in [0.25, 0.3) is 0 Å². The first-order valence-electron chi connectivity index (χ1n) is 6.67. The fraction of sp³-hybridized carbons (Fsp3) is 0.467. The molecule has 0 amide bonds. The number of hydrogen-bond donors (Lipinski definition) is 1. The minimum Gasteiger partial charge on any atom is -0.466 e. The van der Waals surface area contributed by atoms with Gasteiger partial charge in [0.05, 0.1) is 25.4 Å². The van der Waals surface area contributed by atoms with Gasteiger partial charge in [-0.1, -0.05) is 12.1 Å². The van der Waals surface area contributed by atoms with Crippen molar-refractivity contribution in [2.75, 3.05) is 13.2 Å². The lowest BCUT2D eigenvalue weighted by molar-refractivity contribution is -0.143. The number of carbonyl (C=O) groups excluding carboxylic acids is 2. The molecular formula is C15H20O5. The molecular weight excluding hydrogens is 260 g/mol. The minimum atomic E-state index is -0.443. The predicted molar refractivity (Wildman–Crippen MR) is 73.3 cm³/mol. The van der Waals surface area contributed by atoms with E-state index in [0.29, 0.717) is 29.7 Å². The Balaban J connectivity index is 2.88. The fourth-order valence-corrected chi connectivity index (χ4v) is 1.81. The summed E-state index contributed by atoms with van der Waals surface area (Å²) in [5.41, 5.74) is 1.74. The molecule has 0 aromatic heterocycles. The highest BCUT2D eigenvalue weighted by atomic mass is 16.5. The predicted octanol–water partition coefficient (Wildman–Crippen LogP) is 1.85. The van der Waals surface area contributed by atoms with Crippen LogP contribution < -0.4 is 0 Å². The van der Waals surface area contributed by atoms with E-state index in [-0.39, 0.29) is 25.6 Å². The molecule has 0 spiro atoms. The molecule has 5 heteroatoms. The highest BCUT2D eigenvalue weighted by molar-refractivity contribution is 5.91. The van der Waals surface area contributed by atoms with E-state index < -0.39 is 5.97 Å². The molecule has 5 nitrogen and oxygen atoms in total.